The molecule has 0 spiro atoms. The van der Waals surface area contributed by atoms with Crippen molar-refractivity contribution in [3.63, 3.8) is 0 Å². The maximum atomic E-state index is 11.9. The quantitative estimate of drug-likeness (QED) is 0.811. The van der Waals surface area contributed by atoms with Gasteiger partial charge in [0.2, 0.25) is 5.91 Å². The Bertz CT molecular complexity index is 737. The van der Waals surface area contributed by atoms with Crippen LogP contribution in [0.2, 0.25) is 5.02 Å². The van der Waals surface area contributed by atoms with Crippen molar-refractivity contribution >= 4 is 23.2 Å². The van der Waals surface area contributed by atoms with Crippen LogP contribution in [0, 0.1) is 6.92 Å². The van der Waals surface area contributed by atoms with Gasteiger partial charge < -0.3 is 0 Å². The van der Waals surface area contributed by atoms with Gasteiger partial charge in [0.15, 0.2) is 0 Å². The lowest BCUT2D eigenvalue weighted by Gasteiger charge is -2.21. The lowest BCUT2D eigenvalue weighted by molar-refractivity contribution is -0.130. The standard InChI is InChI=1S/C18H17ClN2O/c1-12-7-9-14(10-8-12)17-11-18(21(20-17)13(2)22)15-5-3-4-6-16(15)19/h3-10,18H,11H2,1-2H3/t18-/m1/s1. The third kappa shape index (κ3) is 2.77. The summed E-state index contributed by atoms with van der Waals surface area (Å²) < 4.78 is 0. The first-order valence-electron chi connectivity index (χ1n) is 7.25. The molecule has 1 atom stereocenters. The van der Waals surface area contributed by atoms with Crippen LogP contribution in [0.25, 0.3) is 0 Å². The molecule has 112 valence electrons. The lowest BCUT2D eigenvalue weighted by atomic mass is 9.98. The summed E-state index contributed by atoms with van der Waals surface area (Å²) in [7, 11) is 0. The molecule has 0 unspecified atom stereocenters. The van der Waals surface area contributed by atoms with E-state index in [1.165, 1.54) is 17.5 Å². The zero-order valence-electron chi connectivity index (χ0n) is 12.6. The largest absolute Gasteiger partial charge is 0.273 e. The average molecular weight is 313 g/mol. The monoisotopic (exact) mass is 312 g/mol. The Morgan fingerprint density at radius 2 is 1.86 bits per heavy atom. The summed E-state index contributed by atoms with van der Waals surface area (Å²) in [6.07, 6.45) is 0.673. The van der Waals surface area contributed by atoms with Gasteiger partial charge in [0.05, 0.1) is 11.8 Å². The van der Waals surface area contributed by atoms with Crippen LogP contribution in [0.1, 0.15) is 36.1 Å². The fraction of sp³-hybridized carbons (Fsp3) is 0.222. The molecule has 1 amide bonds. The van der Waals surface area contributed by atoms with E-state index in [4.69, 9.17) is 11.6 Å². The Kier molecular flexibility index (Phi) is 3.99. The van der Waals surface area contributed by atoms with Crippen LogP contribution in [0.4, 0.5) is 0 Å². The molecular weight excluding hydrogens is 296 g/mol. The van der Waals surface area contributed by atoms with Crippen molar-refractivity contribution in [2.24, 2.45) is 5.10 Å². The molecule has 2 aromatic rings. The lowest BCUT2D eigenvalue weighted by Crippen LogP contribution is -2.24. The van der Waals surface area contributed by atoms with Gasteiger partial charge >= 0.3 is 0 Å². The second kappa shape index (κ2) is 5.93. The predicted octanol–water partition coefficient (Wildman–Crippen LogP) is 4.35. The van der Waals surface area contributed by atoms with E-state index in [-0.39, 0.29) is 11.9 Å². The minimum atomic E-state index is -0.137. The first-order chi connectivity index (χ1) is 10.6. The minimum absolute atomic E-state index is 0.0768. The van der Waals surface area contributed by atoms with Gasteiger partial charge in [0.1, 0.15) is 0 Å². The van der Waals surface area contributed by atoms with Crippen molar-refractivity contribution in [2.75, 3.05) is 0 Å². The number of aryl methyl sites for hydroxylation is 1. The van der Waals surface area contributed by atoms with Gasteiger partial charge in [-0.3, -0.25) is 4.79 Å². The summed E-state index contributed by atoms with van der Waals surface area (Å²) in [6, 6.07) is 15.7. The molecule has 2 aromatic carbocycles. The molecule has 0 radical (unpaired) electrons. The molecule has 3 rings (SSSR count). The molecule has 0 saturated heterocycles. The van der Waals surface area contributed by atoms with Crippen molar-refractivity contribution in [2.45, 2.75) is 26.3 Å². The van der Waals surface area contributed by atoms with Crippen molar-refractivity contribution in [3.8, 4) is 0 Å². The topological polar surface area (TPSA) is 32.7 Å². The predicted molar refractivity (Wildman–Crippen MR) is 89.0 cm³/mol. The molecule has 1 aliphatic rings. The molecule has 1 aliphatic heterocycles. The van der Waals surface area contributed by atoms with E-state index in [9.17, 15) is 4.79 Å². The first-order valence-corrected chi connectivity index (χ1v) is 7.63. The van der Waals surface area contributed by atoms with E-state index in [0.29, 0.717) is 11.4 Å². The summed E-state index contributed by atoms with van der Waals surface area (Å²) >= 11 is 6.30. The highest BCUT2D eigenvalue weighted by atomic mass is 35.5. The Morgan fingerprint density at radius 3 is 2.50 bits per heavy atom. The number of carbonyl (C=O) groups is 1. The summed E-state index contributed by atoms with van der Waals surface area (Å²) in [5.74, 6) is -0.0768. The molecule has 22 heavy (non-hydrogen) atoms. The first kappa shape index (κ1) is 14.8. The molecule has 0 saturated carbocycles. The zero-order chi connectivity index (χ0) is 15.7. The molecule has 4 heteroatoms. The summed E-state index contributed by atoms with van der Waals surface area (Å²) in [6.45, 7) is 3.58. The Balaban J connectivity index is 1.96. The Labute approximate surface area is 135 Å². The van der Waals surface area contributed by atoms with Crippen molar-refractivity contribution in [3.05, 3.63) is 70.2 Å². The summed E-state index contributed by atoms with van der Waals surface area (Å²) in [5, 5.41) is 6.73. The fourth-order valence-electron chi connectivity index (χ4n) is 2.71. The number of rotatable bonds is 2. The molecule has 0 aromatic heterocycles. The van der Waals surface area contributed by atoms with Crippen LogP contribution < -0.4 is 0 Å². The number of halogens is 1. The summed E-state index contributed by atoms with van der Waals surface area (Å²) in [4.78, 5) is 11.9. The van der Waals surface area contributed by atoms with Crippen molar-refractivity contribution in [1.29, 1.82) is 0 Å². The van der Waals surface area contributed by atoms with Crippen LogP contribution >= 0.6 is 11.6 Å². The number of amides is 1. The zero-order valence-corrected chi connectivity index (χ0v) is 13.3. The third-order valence-corrected chi connectivity index (χ3v) is 4.23. The van der Waals surface area contributed by atoms with Crippen LogP contribution in [0.3, 0.4) is 0 Å². The van der Waals surface area contributed by atoms with E-state index in [1.54, 1.807) is 0 Å². The fourth-order valence-corrected chi connectivity index (χ4v) is 2.97. The van der Waals surface area contributed by atoms with E-state index >= 15 is 0 Å². The number of benzene rings is 2. The van der Waals surface area contributed by atoms with E-state index in [1.807, 2.05) is 36.4 Å². The second-order valence-electron chi connectivity index (χ2n) is 5.52. The van der Waals surface area contributed by atoms with Gasteiger partial charge in [-0.2, -0.15) is 5.10 Å². The minimum Gasteiger partial charge on any atom is -0.273 e. The number of hydrogen-bond acceptors (Lipinski definition) is 2. The Morgan fingerprint density at radius 1 is 1.18 bits per heavy atom. The normalized spacial score (nSPS) is 17.5. The van der Waals surface area contributed by atoms with E-state index < -0.39 is 0 Å². The Hall–Kier alpha value is -2.13. The maximum Gasteiger partial charge on any atom is 0.240 e. The molecule has 0 fully saturated rings. The summed E-state index contributed by atoms with van der Waals surface area (Å²) in [5.41, 5.74) is 4.10. The van der Waals surface area contributed by atoms with Gasteiger partial charge in [-0.1, -0.05) is 59.6 Å². The van der Waals surface area contributed by atoms with Crippen LogP contribution in [0.5, 0.6) is 0 Å². The van der Waals surface area contributed by atoms with E-state index in [2.05, 4.69) is 24.2 Å². The molecule has 1 heterocycles. The van der Waals surface area contributed by atoms with E-state index in [0.717, 1.165) is 16.8 Å². The molecule has 0 aliphatic carbocycles. The van der Waals surface area contributed by atoms with Gasteiger partial charge in [-0.05, 0) is 24.1 Å². The highest BCUT2D eigenvalue weighted by molar-refractivity contribution is 6.31. The van der Waals surface area contributed by atoms with Gasteiger partial charge in [0, 0.05) is 18.4 Å². The van der Waals surface area contributed by atoms with Crippen LogP contribution in [-0.4, -0.2) is 16.6 Å². The highest BCUT2D eigenvalue weighted by Crippen LogP contribution is 2.36. The SMILES string of the molecule is CC(=O)N1N=C(c2ccc(C)cc2)C[C@@H]1c1ccccc1Cl. The maximum absolute atomic E-state index is 11.9. The molecule has 0 bridgehead atoms. The average Bonchev–Trinajstić information content (AvgIpc) is 2.93. The molecular formula is C18H17ClN2O. The number of carbonyl (C=O) groups excluding carboxylic acids is 1. The number of hydrogen-bond donors (Lipinski definition) is 0. The third-order valence-electron chi connectivity index (χ3n) is 3.88. The highest BCUT2D eigenvalue weighted by Gasteiger charge is 2.32. The van der Waals surface area contributed by atoms with Crippen molar-refractivity contribution < 1.29 is 4.79 Å². The van der Waals surface area contributed by atoms with Crippen LogP contribution in [0.15, 0.2) is 53.6 Å². The van der Waals surface area contributed by atoms with Crippen LogP contribution in [-0.2, 0) is 4.79 Å². The molecule has 0 N–H and O–H groups in total. The number of hydrazone groups is 1. The molecule has 3 nitrogen and oxygen atoms in total. The van der Waals surface area contributed by atoms with Crippen molar-refractivity contribution in [1.82, 2.24) is 5.01 Å². The van der Waals surface area contributed by atoms with Gasteiger partial charge in [-0.15, -0.1) is 0 Å². The smallest absolute Gasteiger partial charge is 0.240 e. The van der Waals surface area contributed by atoms with Gasteiger partial charge in [0.25, 0.3) is 0 Å². The van der Waals surface area contributed by atoms with Gasteiger partial charge in [-0.25, -0.2) is 5.01 Å². The second-order valence-corrected chi connectivity index (χ2v) is 5.92. The number of nitrogens with zero attached hydrogens (tertiary/aromatic N) is 2.